The van der Waals surface area contributed by atoms with Crippen molar-refractivity contribution in [3.05, 3.63) is 52.6 Å². The fourth-order valence-electron chi connectivity index (χ4n) is 2.28. The van der Waals surface area contributed by atoms with Gasteiger partial charge in [0, 0.05) is 12.0 Å². The van der Waals surface area contributed by atoms with Crippen molar-refractivity contribution in [2.75, 3.05) is 0 Å². The van der Waals surface area contributed by atoms with Gasteiger partial charge < -0.3 is 0 Å². The molecule has 1 heteroatoms. The van der Waals surface area contributed by atoms with Gasteiger partial charge in [-0.05, 0) is 37.5 Å². The number of allylic oxidation sites excluding steroid dienone is 4. The summed E-state index contributed by atoms with van der Waals surface area (Å²) in [5.41, 5.74) is 5.55. The Labute approximate surface area is 96.5 Å². The van der Waals surface area contributed by atoms with E-state index in [2.05, 4.69) is 20.8 Å². The van der Waals surface area contributed by atoms with Crippen LogP contribution in [0.25, 0.3) is 5.57 Å². The third kappa shape index (κ3) is 1.73. The third-order valence-corrected chi connectivity index (χ3v) is 3.11. The molecule has 1 aromatic rings. The Morgan fingerprint density at radius 3 is 2.25 bits per heavy atom. The maximum atomic E-state index is 12.0. The molecule has 0 bridgehead atoms. The minimum atomic E-state index is 0.250. The Morgan fingerprint density at radius 1 is 1.12 bits per heavy atom. The topological polar surface area (TPSA) is 17.1 Å². The second-order valence-electron chi connectivity index (χ2n) is 4.44. The van der Waals surface area contributed by atoms with Gasteiger partial charge in [-0.15, -0.1) is 0 Å². The van der Waals surface area contributed by atoms with Crippen LogP contribution in [0.1, 0.15) is 32.8 Å². The van der Waals surface area contributed by atoms with Gasteiger partial charge in [0.25, 0.3) is 0 Å². The lowest BCUT2D eigenvalue weighted by Gasteiger charge is -2.03. The van der Waals surface area contributed by atoms with Crippen LogP contribution in [-0.2, 0) is 4.79 Å². The average Bonchev–Trinajstić information content (AvgIpc) is 2.56. The highest BCUT2D eigenvalue weighted by molar-refractivity contribution is 6.26. The molecule has 0 N–H and O–H groups in total. The molecule has 0 spiro atoms. The van der Waals surface area contributed by atoms with E-state index in [-0.39, 0.29) is 5.78 Å². The monoisotopic (exact) mass is 212 g/mol. The molecule has 0 amide bonds. The first-order chi connectivity index (χ1) is 7.61. The van der Waals surface area contributed by atoms with E-state index in [0.717, 1.165) is 16.7 Å². The van der Waals surface area contributed by atoms with E-state index >= 15 is 0 Å². The minimum absolute atomic E-state index is 0.250. The Bertz CT molecular complexity index is 485. The molecule has 82 valence electrons. The molecule has 0 heterocycles. The fraction of sp³-hybridized carbons (Fsp3) is 0.267. The van der Waals surface area contributed by atoms with Crippen LogP contribution in [0.15, 0.2) is 47.1 Å². The molecule has 0 saturated carbocycles. The van der Waals surface area contributed by atoms with Crippen molar-refractivity contribution in [3.63, 3.8) is 0 Å². The first-order valence-electron chi connectivity index (χ1n) is 5.57. The molecule has 0 fully saturated rings. The summed E-state index contributed by atoms with van der Waals surface area (Å²) in [6.07, 6.45) is 0.568. The number of hydrogen-bond donors (Lipinski definition) is 0. The number of ketones is 1. The minimum Gasteiger partial charge on any atom is -0.294 e. The molecule has 2 rings (SSSR count). The number of rotatable bonds is 1. The predicted octanol–water partition coefficient (Wildman–Crippen LogP) is 3.77. The van der Waals surface area contributed by atoms with Crippen molar-refractivity contribution in [2.24, 2.45) is 0 Å². The van der Waals surface area contributed by atoms with Crippen molar-refractivity contribution >= 4 is 11.4 Å². The van der Waals surface area contributed by atoms with Crippen LogP contribution in [0.5, 0.6) is 0 Å². The summed E-state index contributed by atoms with van der Waals surface area (Å²) in [5.74, 6) is 0.250. The Hall–Kier alpha value is -1.63. The molecule has 1 aliphatic carbocycles. The van der Waals surface area contributed by atoms with Crippen molar-refractivity contribution in [2.45, 2.75) is 27.2 Å². The van der Waals surface area contributed by atoms with Gasteiger partial charge in [0.05, 0.1) is 0 Å². The van der Waals surface area contributed by atoms with Crippen molar-refractivity contribution in [1.29, 1.82) is 0 Å². The molecule has 1 aromatic carbocycles. The maximum absolute atomic E-state index is 12.0. The van der Waals surface area contributed by atoms with Crippen LogP contribution in [0, 0.1) is 0 Å². The van der Waals surface area contributed by atoms with Gasteiger partial charge in [0.2, 0.25) is 0 Å². The average molecular weight is 212 g/mol. The summed E-state index contributed by atoms with van der Waals surface area (Å²) >= 11 is 0. The zero-order valence-corrected chi connectivity index (χ0v) is 10.0. The molecule has 16 heavy (non-hydrogen) atoms. The predicted molar refractivity (Wildman–Crippen MR) is 67.0 cm³/mol. The van der Waals surface area contributed by atoms with Gasteiger partial charge in [-0.3, -0.25) is 4.79 Å². The highest BCUT2D eigenvalue weighted by Gasteiger charge is 2.25. The highest BCUT2D eigenvalue weighted by Crippen LogP contribution is 2.36. The van der Waals surface area contributed by atoms with Crippen LogP contribution in [-0.4, -0.2) is 5.78 Å². The molecule has 0 aromatic heterocycles. The van der Waals surface area contributed by atoms with Gasteiger partial charge in [-0.25, -0.2) is 0 Å². The first-order valence-corrected chi connectivity index (χ1v) is 5.57. The molecule has 0 aliphatic heterocycles. The van der Waals surface area contributed by atoms with E-state index in [0.29, 0.717) is 6.42 Å². The van der Waals surface area contributed by atoms with E-state index in [1.54, 1.807) is 0 Å². The number of carbonyl (C=O) groups is 1. The van der Waals surface area contributed by atoms with Gasteiger partial charge >= 0.3 is 0 Å². The van der Waals surface area contributed by atoms with Gasteiger partial charge in [-0.1, -0.05) is 35.9 Å². The lowest BCUT2D eigenvalue weighted by Crippen LogP contribution is -1.95. The van der Waals surface area contributed by atoms with Gasteiger partial charge in [-0.2, -0.15) is 0 Å². The van der Waals surface area contributed by atoms with Crippen LogP contribution in [0.3, 0.4) is 0 Å². The van der Waals surface area contributed by atoms with E-state index in [1.165, 1.54) is 11.1 Å². The molecular formula is C15H16O. The summed E-state index contributed by atoms with van der Waals surface area (Å²) in [6.45, 7) is 6.19. The molecule has 0 saturated heterocycles. The van der Waals surface area contributed by atoms with E-state index < -0.39 is 0 Å². The molecular weight excluding hydrogens is 196 g/mol. The lowest BCUT2D eigenvalue weighted by atomic mass is 10.0. The molecule has 0 atom stereocenters. The molecule has 0 radical (unpaired) electrons. The van der Waals surface area contributed by atoms with E-state index in [4.69, 9.17) is 0 Å². The second-order valence-corrected chi connectivity index (χ2v) is 4.44. The number of Topliss-reactive ketones (excluding diaryl/α,β-unsaturated/α-hetero) is 1. The zero-order chi connectivity index (χ0) is 11.7. The fourth-order valence-corrected chi connectivity index (χ4v) is 2.28. The van der Waals surface area contributed by atoms with E-state index in [1.807, 2.05) is 30.3 Å². The largest absolute Gasteiger partial charge is 0.294 e. The summed E-state index contributed by atoms with van der Waals surface area (Å²) in [7, 11) is 0. The Balaban J connectivity index is 2.57. The van der Waals surface area contributed by atoms with Gasteiger partial charge in [0.15, 0.2) is 5.78 Å². The van der Waals surface area contributed by atoms with Crippen LogP contribution < -0.4 is 0 Å². The van der Waals surface area contributed by atoms with Crippen LogP contribution >= 0.6 is 0 Å². The molecule has 1 nitrogen and oxygen atoms in total. The number of benzene rings is 1. The number of carbonyl (C=O) groups excluding carboxylic acids is 1. The summed E-state index contributed by atoms with van der Waals surface area (Å²) in [5, 5.41) is 0. The van der Waals surface area contributed by atoms with Crippen molar-refractivity contribution in [1.82, 2.24) is 0 Å². The highest BCUT2D eigenvalue weighted by atomic mass is 16.1. The van der Waals surface area contributed by atoms with E-state index in [9.17, 15) is 4.79 Å². The van der Waals surface area contributed by atoms with Crippen molar-refractivity contribution in [3.8, 4) is 0 Å². The maximum Gasteiger partial charge on any atom is 0.168 e. The lowest BCUT2D eigenvalue weighted by molar-refractivity contribution is -0.112. The summed E-state index contributed by atoms with van der Waals surface area (Å²) in [4.78, 5) is 12.0. The second kappa shape index (κ2) is 4.09. The Morgan fingerprint density at radius 2 is 1.75 bits per heavy atom. The first kappa shape index (κ1) is 10.9. The smallest absolute Gasteiger partial charge is 0.168 e. The molecule has 0 unspecified atom stereocenters. The van der Waals surface area contributed by atoms with Crippen molar-refractivity contribution < 1.29 is 4.79 Å². The molecule has 1 aliphatic rings. The summed E-state index contributed by atoms with van der Waals surface area (Å²) < 4.78 is 0. The van der Waals surface area contributed by atoms with Crippen LogP contribution in [0.2, 0.25) is 0 Å². The standard InChI is InChI=1S/C15H16O/c1-10(2)13-9-14(16)15(11(13)3)12-7-5-4-6-8-12/h4-8H,9H2,1-3H3. The normalized spacial score (nSPS) is 15.9. The third-order valence-electron chi connectivity index (χ3n) is 3.11. The SMILES string of the molecule is CC(C)=C1CC(=O)C(c2ccccc2)=C1C. The quantitative estimate of drug-likeness (QED) is 0.692. The van der Waals surface area contributed by atoms with Crippen LogP contribution in [0.4, 0.5) is 0 Å². The Kier molecular flexibility index (Phi) is 2.78. The number of hydrogen-bond acceptors (Lipinski definition) is 1. The van der Waals surface area contributed by atoms with Gasteiger partial charge in [0.1, 0.15) is 0 Å². The zero-order valence-electron chi connectivity index (χ0n) is 10.0. The summed E-state index contributed by atoms with van der Waals surface area (Å²) in [6, 6.07) is 9.93.